The molecule has 10 heteroatoms. The van der Waals surface area contributed by atoms with Gasteiger partial charge in [-0.3, -0.25) is 14.5 Å². The van der Waals surface area contributed by atoms with Crippen LogP contribution < -0.4 is 10.6 Å². The Morgan fingerprint density at radius 1 is 0.975 bits per heavy atom. The molecule has 6 nitrogen and oxygen atoms in total. The molecule has 1 aliphatic heterocycles. The third-order valence-corrected chi connectivity index (χ3v) is 9.36. The fourth-order valence-electron chi connectivity index (χ4n) is 4.53. The van der Waals surface area contributed by atoms with Crippen LogP contribution in [-0.2, 0) is 11.3 Å². The first-order chi connectivity index (χ1) is 19.4. The summed E-state index contributed by atoms with van der Waals surface area (Å²) in [6, 6.07) is 22.7. The van der Waals surface area contributed by atoms with Crippen LogP contribution in [0.1, 0.15) is 28.8 Å². The van der Waals surface area contributed by atoms with E-state index in [-0.39, 0.29) is 17.9 Å². The number of rotatable bonds is 9. The Labute approximate surface area is 252 Å². The van der Waals surface area contributed by atoms with Gasteiger partial charge in [-0.2, -0.15) is 0 Å². The molecular formula is C30H28Cl2N4O2S2. The molecule has 40 heavy (non-hydrogen) atoms. The number of hydrogen-bond acceptors (Lipinski definition) is 6. The minimum Gasteiger partial charge on any atom is -0.353 e. The highest BCUT2D eigenvalue weighted by molar-refractivity contribution is 8.01. The quantitative estimate of drug-likeness (QED) is 0.195. The second kappa shape index (κ2) is 13.7. The molecule has 3 aromatic carbocycles. The Morgan fingerprint density at radius 2 is 1.77 bits per heavy atom. The van der Waals surface area contributed by atoms with Gasteiger partial charge < -0.3 is 10.6 Å². The SMILES string of the molecule is O=C(CSc1nc(-c2cccc(NC(=O)c3ccccc3)c2)cs1)NC1CCN(Cc2ccc(Cl)c(Cl)c2)CC1. The lowest BCUT2D eigenvalue weighted by Gasteiger charge is -2.32. The Balaban J connectivity index is 1.07. The standard InChI is InChI=1S/C30H28Cl2N4O2S2/c31-25-10-9-20(15-26(25)32)17-36-13-11-23(12-14-36)33-28(37)19-40-30-35-27(18-39-30)22-7-4-8-24(16-22)34-29(38)21-5-2-1-3-6-21/h1-10,15-16,18,23H,11-14,17,19H2,(H,33,37)(H,34,38). The number of aromatic nitrogens is 1. The van der Waals surface area contributed by atoms with E-state index in [2.05, 4.69) is 15.5 Å². The van der Waals surface area contributed by atoms with E-state index in [1.54, 1.807) is 12.1 Å². The summed E-state index contributed by atoms with van der Waals surface area (Å²) in [5.74, 6) is 0.189. The predicted octanol–water partition coefficient (Wildman–Crippen LogP) is 7.24. The molecule has 2 heterocycles. The normalized spacial score (nSPS) is 14.2. The first kappa shape index (κ1) is 28.6. The number of likely N-dealkylation sites (tertiary alicyclic amines) is 1. The largest absolute Gasteiger partial charge is 0.353 e. The smallest absolute Gasteiger partial charge is 0.255 e. The number of thioether (sulfide) groups is 1. The molecule has 0 bridgehead atoms. The van der Waals surface area contributed by atoms with E-state index in [1.807, 2.05) is 66.0 Å². The molecule has 0 spiro atoms. The van der Waals surface area contributed by atoms with Gasteiger partial charge in [-0.25, -0.2) is 4.98 Å². The molecule has 0 unspecified atom stereocenters. The number of carbonyl (C=O) groups excluding carboxylic acids is 2. The van der Waals surface area contributed by atoms with Crippen LogP contribution in [-0.4, -0.2) is 46.6 Å². The topological polar surface area (TPSA) is 74.3 Å². The first-order valence-corrected chi connectivity index (χ1v) is 15.6. The lowest BCUT2D eigenvalue weighted by Crippen LogP contribution is -2.44. The molecule has 0 aliphatic carbocycles. The molecule has 5 rings (SSSR count). The molecule has 2 N–H and O–H groups in total. The molecule has 2 amide bonds. The number of hydrogen-bond donors (Lipinski definition) is 2. The molecule has 4 aromatic rings. The molecule has 1 aliphatic rings. The molecular weight excluding hydrogens is 583 g/mol. The molecule has 0 saturated carbocycles. The molecule has 0 radical (unpaired) electrons. The van der Waals surface area contributed by atoms with Crippen molar-refractivity contribution >= 4 is 63.8 Å². The van der Waals surface area contributed by atoms with E-state index in [0.717, 1.165) is 53.6 Å². The molecule has 206 valence electrons. The van der Waals surface area contributed by atoms with Gasteiger partial charge in [0.2, 0.25) is 5.91 Å². The highest BCUT2D eigenvalue weighted by atomic mass is 35.5. The van der Waals surface area contributed by atoms with Gasteiger partial charge in [-0.1, -0.05) is 71.4 Å². The van der Waals surface area contributed by atoms with Crippen LogP contribution in [0.25, 0.3) is 11.3 Å². The van der Waals surface area contributed by atoms with Crippen molar-refractivity contribution < 1.29 is 9.59 Å². The second-order valence-electron chi connectivity index (χ2n) is 9.55. The van der Waals surface area contributed by atoms with Crippen molar-refractivity contribution in [3.05, 3.63) is 99.3 Å². The molecule has 0 atom stereocenters. The summed E-state index contributed by atoms with van der Waals surface area (Å²) in [5.41, 5.74) is 4.17. The maximum atomic E-state index is 12.6. The van der Waals surface area contributed by atoms with Gasteiger partial charge in [0.25, 0.3) is 5.91 Å². The number of anilines is 1. The van der Waals surface area contributed by atoms with E-state index in [1.165, 1.54) is 23.1 Å². The van der Waals surface area contributed by atoms with Crippen LogP contribution >= 0.6 is 46.3 Å². The number of nitrogens with one attached hydrogen (secondary N) is 2. The molecule has 1 fully saturated rings. The number of carbonyl (C=O) groups is 2. The zero-order chi connectivity index (χ0) is 27.9. The highest BCUT2D eigenvalue weighted by Crippen LogP contribution is 2.30. The van der Waals surface area contributed by atoms with E-state index in [0.29, 0.717) is 27.0 Å². The van der Waals surface area contributed by atoms with Crippen molar-refractivity contribution in [3.8, 4) is 11.3 Å². The zero-order valence-corrected chi connectivity index (χ0v) is 24.8. The number of nitrogens with zero attached hydrogens (tertiary/aromatic N) is 2. The Bertz CT molecular complexity index is 1470. The predicted molar refractivity (Wildman–Crippen MR) is 166 cm³/mol. The summed E-state index contributed by atoms with van der Waals surface area (Å²) >= 11 is 15.1. The number of halogens is 2. The van der Waals surface area contributed by atoms with Gasteiger partial charge in [-0.15, -0.1) is 11.3 Å². The Hall–Kier alpha value is -2.88. The summed E-state index contributed by atoms with van der Waals surface area (Å²) < 4.78 is 0.834. The van der Waals surface area contributed by atoms with Crippen molar-refractivity contribution in [1.29, 1.82) is 0 Å². The van der Waals surface area contributed by atoms with Crippen LogP contribution in [0.3, 0.4) is 0 Å². The third-order valence-electron chi connectivity index (χ3n) is 6.60. The van der Waals surface area contributed by atoms with Crippen molar-refractivity contribution in [2.45, 2.75) is 29.8 Å². The average Bonchev–Trinajstić information content (AvgIpc) is 3.45. The monoisotopic (exact) mass is 610 g/mol. The lowest BCUT2D eigenvalue weighted by molar-refractivity contribution is -0.119. The number of thiazole rings is 1. The Kier molecular flexibility index (Phi) is 9.78. The van der Waals surface area contributed by atoms with Crippen molar-refractivity contribution in [2.75, 3.05) is 24.2 Å². The minimum atomic E-state index is -0.157. The summed E-state index contributed by atoms with van der Waals surface area (Å²) in [7, 11) is 0. The van der Waals surface area contributed by atoms with Gasteiger partial charge in [0, 0.05) is 47.9 Å². The maximum Gasteiger partial charge on any atom is 0.255 e. The van der Waals surface area contributed by atoms with Crippen molar-refractivity contribution in [1.82, 2.24) is 15.2 Å². The highest BCUT2D eigenvalue weighted by Gasteiger charge is 2.21. The Morgan fingerprint density at radius 3 is 2.55 bits per heavy atom. The summed E-state index contributed by atoms with van der Waals surface area (Å²) in [5, 5.41) is 9.23. The van der Waals surface area contributed by atoms with E-state index in [4.69, 9.17) is 28.2 Å². The average molecular weight is 612 g/mol. The molecule has 1 aromatic heterocycles. The minimum absolute atomic E-state index is 0.0234. The van der Waals surface area contributed by atoms with Crippen LogP contribution in [0.15, 0.2) is 82.5 Å². The van der Waals surface area contributed by atoms with E-state index in [9.17, 15) is 9.59 Å². The van der Waals surface area contributed by atoms with Gasteiger partial charge in [0.15, 0.2) is 4.34 Å². The van der Waals surface area contributed by atoms with Gasteiger partial charge in [0.05, 0.1) is 21.5 Å². The lowest BCUT2D eigenvalue weighted by atomic mass is 10.0. The van der Waals surface area contributed by atoms with Gasteiger partial charge in [0.1, 0.15) is 0 Å². The van der Waals surface area contributed by atoms with Crippen LogP contribution in [0.5, 0.6) is 0 Å². The number of amides is 2. The second-order valence-corrected chi connectivity index (χ2v) is 12.4. The van der Waals surface area contributed by atoms with Crippen molar-refractivity contribution in [3.63, 3.8) is 0 Å². The van der Waals surface area contributed by atoms with Crippen molar-refractivity contribution in [2.24, 2.45) is 0 Å². The third kappa shape index (κ3) is 7.86. The number of piperidine rings is 1. The maximum absolute atomic E-state index is 12.6. The number of benzene rings is 3. The van der Waals surface area contributed by atoms with E-state index >= 15 is 0 Å². The fourth-order valence-corrected chi connectivity index (χ4v) is 6.50. The van der Waals surface area contributed by atoms with Crippen LogP contribution in [0.2, 0.25) is 10.0 Å². The fraction of sp³-hybridized carbons (Fsp3) is 0.233. The van der Waals surface area contributed by atoms with Gasteiger partial charge in [-0.05, 0) is 54.8 Å². The van der Waals surface area contributed by atoms with Crippen LogP contribution in [0.4, 0.5) is 5.69 Å². The van der Waals surface area contributed by atoms with E-state index < -0.39 is 0 Å². The summed E-state index contributed by atoms with van der Waals surface area (Å²) in [6.45, 7) is 2.65. The zero-order valence-electron chi connectivity index (χ0n) is 21.6. The summed E-state index contributed by atoms with van der Waals surface area (Å²) in [6.07, 6.45) is 1.83. The van der Waals surface area contributed by atoms with Gasteiger partial charge >= 0.3 is 0 Å². The molecule has 1 saturated heterocycles. The first-order valence-electron chi connectivity index (χ1n) is 12.9. The van der Waals surface area contributed by atoms with Crippen LogP contribution in [0, 0.1) is 0 Å². The summed E-state index contributed by atoms with van der Waals surface area (Å²) in [4.78, 5) is 32.2.